The van der Waals surface area contributed by atoms with Crippen LogP contribution in [0.2, 0.25) is 0 Å². The summed E-state index contributed by atoms with van der Waals surface area (Å²) in [6.45, 7) is -1.49. The van der Waals surface area contributed by atoms with Gasteiger partial charge in [-0.05, 0) is 35.9 Å². The van der Waals surface area contributed by atoms with Crippen molar-refractivity contribution in [2.45, 2.75) is 19.0 Å². The normalized spacial score (nSPS) is 13.3. The highest BCUT2D eigenvalue weighted by atomic mass is 19.3. The Labute approximate surface area is 162 Å². The number of halogens is 4. The lowest BCUT2D eigenvalue weighted by Crippen LogP contribution is -2.32. The summed E-state index contributed by atoms with van der Waals surface area (Å²) in [5.74, 6) is -2.53. The lowest BCUT2D eigenvalue weighted by Gasteiger charge is -2.15. The van der Waals surface area contributed by atoms with Gasteiger partial charge in [0.15, 0.2) is 11.5 Å². The molecule has 0 aliphatic carbocycles. The first-order chi connectivity index (χ1) is 13.9. The zero-order chi connectivity index (χ0) is 20.4. The smallest absolute Gasteiger partial charge is 0.330 e. The van der Waals surface area contributed by atoms with Crippen LogP contribution in [0.3, 0.4) is 0 Å². The van der Waals surface area contributed by atoms with Crippen molar-refractivity contribution in [1.82, 2.24) is 10.2 Å². The van der Waals surface area contributed by atoms with Gasteiger partial charge in [0.25, 0.3) is 0 Å². The first-order valence-corrected chi connectivity index (χ1v) is 8.49. The lowest BCUT2D eigenvalue weighted by atomic mass is 10.1. The van der Waals surface area contributed by atoms with Crippen molar-refractivity contribution in [2.75, 3.05) is 13.4 Å². The van der Waals surface area contributed by atoms with E-state index in [-0.39, 0.29) is 25.2 Å². The van der Waals surface area contributed by atoms with Crippen LogP contribution in [-0.4, -0.2) is 35.9 Å². The number of nitrogens with zero attached hydrogens (tertiary/aromatic N) is 2. The topological polar surface area (TPSA) is 66.6 Å². The van der Waals surface area contributed by atoms with Crippen LogP contribution in [0, 0.1) is 0 Å². The summed E-state index contributed by atoms with van der Waals surface area (Å²) < 4.78 is 71.1. The van der Waals surface area contributed by atoms with E-state index in [4.69, 9.17) is 18.6 Å². The van der Waals surface area contributed by atoms with Crippen molar-refractivity contribution in [2.24, 2.45) is 0 Å². The number of aromatic nitrogens is 2. The number of hydrogen-bond donors (Lipinski definition) is 0. The Hall–Kier alpha value is -3.14. The fourth-order valence-corrected chi connectivity index (χ4v) is 2.65. The van der Waals surface area contributed by atoms with E-state index < -0.39 is 19.0 Å². The lowest BCUT2D eigenvalue weighted by molar-refractivity contribution is -0.168. The van der Waals surface area contributed by atoms with Crippen molar-refractivity contribution in [3.05, 3.63) is 48.0 Å². The molecule has 0 fully saturated rings. The minimum atomic E-state index is -4.19. The predicted octanol–water partition coefficient (Wildman–Crippen LogP) is 4.55. The maximum Gasteiger partial charge on any atom is 0.330 e. The van der Waals surface area contributed by atoms with Gasteiger partial charge in [0.1, 0.15) is 6.61 Å². The molecule has 0 spiro atoms. The van der Waals surface area contributed by atoms with Crippen LogP contribution in [0.5, 0.6) is 11.5 Å². The number of ether oxygens (including phenoxy) is 3. The first kappa shape index (κ1) is 19.2. The average Bonchev–Trinajstić information content (AvgIpc) is 3.37. The van der Waals surface area contributed by atoms with E-state index >= 15 is 0 Å². The van der Waals surface area contributed by atoms with Crippen LogP contribution < -0.4 is 9.47 Å². The molecule has 3 aromatic rings. The molecule has 6 nitrogen and oxygen atoms in total. The number of rotatable bonds is 7. The van der Waals surface area contributed by atoms with Crippen molar-refractivity contribution in [1.29, 1.82) is 0 Å². The zero-order valence-electron chi connectivity index (χ0n) is 14.8. The van der Waals surface area contributed by atoms with E-state index in [9.17, 15) is 17.6 Å². The average molecular weight is 410 g/mol. The summed E-state index contributed by atoms with van der Waals surface area (Å²) in [6, 6.07) is 11.7. The highest BCUT2D eigenvalue weighted by Crippen LogP contribution is 2.36. The molecule has 1 aliphatic heterocycles. The van der Waals surface area contributed by atoms with Crippen LogP contribution in [0.25, 0.3) is 22.9 Å². The van der Waals surface area contributed by atoms with E-state index in [1.165, 1.54) is 0 Å². The minimum absolute atomic E-state index is 0.145. The van der Waals surface area contributed by atoms with E-state index in [1.807, 2.05) is 0 Å². The summed E-state index contributed by atoms with van der Waals surface area (Å²) in [6.07, 6.45) is -3.78. The summed E-state index contributed by atoms with van der Waals surface area (Å²) >= 11 is 0. The molecule has 0 unspecified atom stereocenters. The Balaban J connectivity index is 1.46. The maximum atomic E-state index is 12.9. The number of hydrogen-bond acceptors (Lipinski definition) is 6. The summed E-state index contributed by atoms with van der Waals surface area (Å²) in [5.41, 5.74) is 1.67. The Morgan fingerprint density at radius 2 is 1.69 bits per heavy atom. The molecule has 0 atom stereocenters. The molecule has 2 aromatic carbocycles. The molecule has 1 aliphatic rings. The Morgan fingerprint density at radius 3 is 2.45 bits per heavy atom. The fraction of sp³-hybridized carbons (Fsp3) is 0.263. The van der Waals surface area contributed by atoms with Gasteiger partial charge in [-0.2, -0.15) is 8.78 Å². The van der Waals surface area contributed by atoms with Gasteiger partial charge in [-0.25, -0.2) is 8.78 Å². The molecule has 29 heavy (non-hydrogen) atoms. The van der Waals surface area contributed by atoms with Crippen molar-refractivity contribution in [3.8, 4) is 34.4 Å². The fourth-order valence-electron chi connectivity index (χ4n) is 2.65. The summed E-state index contributed by atoms with van der Waals surface area (Å²) in [5, 5.41) is 8.00. The SMILES string of the molecule is FC(F)C(F)(F)COCc1cccc(-c2nnc(-c3ccc4c(c3)OCO4)o2)c1. The molecule has 0 radical (unpaired) electrons. The highest BCUT2D eigenvalue weighted by molar-refractivity contribution is 5.62. The molecule has 0 saturated carbocycles. The zero-order valence-corrected chi connectivity index (χ0v) is 14.8. The molecular formula is C19H14F4N2O4. The predicted molar refractivity (Wildman–Crippen MR) is 91.9 cm³/mol. The minimum Gasteiger partial charge on any atom is -0.454 e. The van der Waals surface area contributed by atoms with Gasteiger partial charge in [-0.3, -0.25) is 0 Å². The number of fused-ring (bicyclic) bond motifs is 1. The van der Waals surface area contributed by atoms with E-state index in [2.05, 4.69) is 10.2 Å². The van der Waals surface area contributed by atoms with Gasteiger partial charge in [0.2, 0.25) is 18.6 Å². The van der Waals surface area contributed by atoms with Crippen molar-refractivity contribution < 1.29 is 36.2 Å². The molecule has 0 N–H and O–H groups in total. The second kappa shape index (κ2) is 7.70. The van der Waals surface area contributed by atoms with Gasteiger partial charge >= 0.3 is 12.3 Å². The van der Waals surface area contributed by atoms with Crippen LogP contribution in [-0.2, 0) is 11.3 Å². The number of benzene rings is 2. The van der Waals surface area contributed by atoms with Crippen LogP contribution >= 0.6 is 0 Å². The third-order valence-electron chi connectivity index (χ3n) is 4.10. The van der Waals surface area contributed by atoms with Gasteiger partial charge in [0.05, 0.1) is 6.61 Å². The Kier molecular flexibility index (Phi) is 5.10. The molecule has 0 amide bonds. The molecule has 1 aromatic heterocycles. The Bertz CT molecular complexity index is 1010. The summed E-state index contributed by atoms with van der Waals surface area (Å²) in [4.78, 5) is 0. The quantitative estimate of drug-likeness (QED) is 0.533. The van der Waals surface area contributed by atoms with Crippen LogP contribution in [0.1, 0.15) is 5.56 Å². The van der Waals surface area contributed by atoms with Gasteiger partial charge in [-0.15, -0.1) is 10.2 Å². The molecular weight excluding hydrogens is 396 g/mol. The molecule has 0 bridgehead atoms. The molecule has 4 rings (SSSR count). The Morgan fingerprint density at radius 1 is 0.966 bits per heavy atom. The monoisotopic (exact) mass is 410 g/mol. The highest BCUT2D eigenvalue weighted by Gasteiger charge is 2.40. The standard InChI is InChI=1S/C19H14F4N2O4/c20-18(21)19(22,23)9-26-8-11-2-1-3-12(6-11)16-24-25-17(29-16)13-4-5-14-15(7-13)28-10-27-14/h1-7,18H,8-10H2. The molecule has 0 saturated heterocycles. The summed E-state index contributed by atoms with van der Waals surface area (Å²) in [7, 11) is 0. The van der Waals surface area contributed by atoms with Crippen molar-refractivity contribution in [3.63, 3.8) is 0 Å². The van der Waals surface area contributed by atoms with E-state index in [0.29, 0.717) is 28.2 Å². The second-order valence-corrected chi connectivity index (χ2v) is 6.24. The molecule has 10 heteroatoms. The second-order valence-electron chi connectivity index (χ2n) is 6.24. The largest absolute Gasteiger partial charge is 0.454 e. The van der Waals surface area contributed by atoms with E-state index in [0.717, 1.165) is 0 Å². The molecule has 152 valence electrons. The van der Waals surface area contributed by atoms with Crippen LogP contribution in [0.4, 0.5) is 17.6 Å². The third-order valence-corrected chi connectivity index (χ3v) is 4.10. The van der Waals surface area contributed by atoms with Crippen molar-refractivity contribution >= 4 is 0 Å². The van der Waals surface area contributed by atoms with Gasteiger partial charge < -0.3 is 18.6 Å². The van der Waals surface area contributed by atoms with E-state index in [1.54, 1.807) is 42.5 Å². The van der Waals surface area contributed by atoms with Gasteiger partial charge in [0, 0.05) is 11.1 Å². The first-order valence-electron chi connectivity index (χ1n) is 8.49. The molecule has 2 heterocycles. The number of alkyl halides is 4. The van der Waals surface area contributed by atoms with Gasteiger partial charge in [-0.1, -0.05) is 12.1 Å². The third kappa shape index (κ3) is 4.16. The maximum absolute atomic E-state index is 12.9. The van der Waals surface area contributed by atoms with Crippen LogP contribution in [0.15, 0.2) is 46.9 Å².